The number of anilines is 1. The molecule has 0 aromatic heterocycles. The summed E-state index contributed by atoms with van der Waals surface area (Å²) < 4.78 is 0. The highest BCUT2D eigenvalue weighted by Crippen LogP contribution is 2.15. The minimum absolute atomic E-state index is 0.470. The van der Waals surface area contributed by atoms with Gasteiger partial charge in [0.25, 0.3) is 0 Å². The fraction of sp³-hybridized carbons (Fsp3) is 0.533. The van der Waals surface area contributed by atoms with Crippen molar-refractivity contribution in [2.75, 3.05) is 23.9 Å². The fourth-order valence-electron chi connectivity index (χ4n) is 2.01. The molecule has 1 aromatic rings. The largest absolute Gasteiger partial charge is 0.389 e. The SMILES string of the molecule is CSCCCCCCNc1ccc(C(N)=S)c(C)c1. The van der Waals surface area contributed by atoms with Gasteiger partial charge in [-0.1, -0.05) is 25.1 Å². The molecule has 0 amide bonds. The Balaban J connectivity index is 2.26. The molecule has 0 spiro atoms. The van der Waals surface area contributed by atoms with Gasteiger partial charge in [0.15, 0.2) is 0 Å². The maximum absolute atomic E-state index is 5.65. The molecule has 0 fully saturated rings. The topological polar surface area (TPSA) is 38.0 Å². The van der Waals surface area contributed by atoms with Gasteiger partial charge < -0.3 is 11.1 Å². The summed E-state index contributed by atoms with van der Waals surface area (Å²) in [6.07, 6.45) is 7.37. The van der Waals surface area contributed by atoms with Gasteiger partial charge in [-0.05, 0) is 55.5 Å². The molecule has 0 aliphatic rings. The maximum atomic E-state index is 5.65. The number of nitrogens with one attached hydrogen (secondary N) is 1. The second-order valence-electron chi connectivity index (χ2n) is 4.73. The first-order valence-corrected chi connectivity index (χ1v) is 8.58. The molecule has 0 atom stereocenters. The Morgan fingerprint density at radius 1 is 1.26 bits per heavy atom. The summed E-state index contributed by atoms with van der Waals surface area (Å²) in [4.78, 5) is 0.470. The van der Waals surface area contributed by atoms with E-state index in [9.17, 15) is 0 Å². The van der Waals surface area contributed by atoms with Crippen LogP contribution in [0.15, 0.2) is 18.2 Å². The van der Waals surface area contributed by atoms with Crippen LogP contribution in [0.1, 0.15) is 36.8 Å². The number of aryl methyl sites for hydroxylation is 1. The van der Waals surface area contributed by atoms with E-state index in [1.807, 2.05) is 24.8 Å². The van der Waals surface area contributed by atoms with Crippen LogP contribution >= 0.6 is 24.0 Å². The van der Waals surface area contributed by atoms with Gasteiger partial charge in [0.05, 0.1) is 0 Å². The molecule has 19 heavy (non-hydrogen) atoms. The summed E-state index contributed by atoms with van der Waals surface area (Å²) >= 11 is 6.94. The van der Waals surface area contributed by atoms with Crippen LogP contribution in [0, 0.1) is 6.92 Å². The zero-order chi connectivity index (χ0) is 14.1. The molecule has 0 saturated heterocycles. The molecule has 0 aliphatic carbocycles. The summed E-state index contributed by atoms with van der Waals surface area (Å²) in [5, 5.41) is 3.45. The number of hydrogen-bond acceptors (Lipinski definition) is 3. The monoisotopic (exact) mass is 296 g/mol. The van der Waals surface area contributed by atoms with Gasteiger partial charge in [0.1, 0.15) is 4.99 Å². The molecule has 1 rings (SSSR count). The number of thiocarbonyl (C=S) groups is 1. The van der Waals surface area contributed by atoms with Crippen LogP contribution in [-0.4, -0.2) is 23.5 Å². The normalized spacial score (nSPS) is 10.4. The van der Waals surface area contributed by atoms with Crippen LogP contribution in [0.5, 0.6) is 0 Å². The van der Waals surface area contributed by atoms with E-state index >= 15 is 0 Å². The number of rotatable bonds is 9. The van der Waals surface area contributed by atoms with Gasteiger partial charge in [-0.15, -0.1) is 0 Å². The van der Waals surface area contributed by atoms with Crippen molar-refractivity contribution >= 4 is 34.7 Å². The van der Waals surface area contributed by atoms with E-state index in [2.05, 4.69) is 23.7 Å². The summed E-state index contributed by atoms with van der Waals surface area (Å²) in [5.41, 5.74) is 8.91. The van der Waals surface area contributed by atoms with E-state index in [-0.39, 0.29) is 0 Å². The van der Waals surface area contributed by atoms with Crippen LogP contribution in [0.3, 0.4) is 0 Å². The van der Waals surface area contributed by atoms with Crippen molar-refractivity contribution in [1.82, 2.24) is 0 Å². The molecule has 0 aliphatic heterocycles. The van der Waals surface area contributed by atoms with Crippen molar-refractivity contribution in [3.8, 4) is 0 Å². The molecule has 0 radical (unpaired) electrons. The van der Waals surface area contributed by atoms with Crippen LogP contribution in [0.25, 0.3) is 0 Å². The van der Waals surface area contributed by atoms with Gasteiger partial charge in [0, 0.05) is 17.8 Å². The first-order chi connectivity index (χ1) is 9.15. The molecule has 106 valence electrons. The third-order valence-corrected chi connectivity index (χ3v) is 4.01. The van der Waals surface area contributed by atoms with Crippen molar-refractivity contribution in [3.63, 3.8) is 0 Å². The van der Waals surface area contributed by atoms with Crippen LogP contribution in [-0.2, 0) is 0 Å². The predicted octanol–water partition coefficient (Wildman–Crippen LogP) is 3.96. The third-order valence-electron chi connectivity index (χ3n) is 3.10. The Morgan fingerprint density at radius 3 is 2.63 bits per heavy atom. The lowest BCUT2D eigenvalue weighted by Gasteiger charge is -2.09. The predicted molar refractivity (Wildman–Crippen MR) is 92.4 cm³/mol. The molecule has 1 aromatic carbocycles. The Hall–Kier alpha value is -0.740. The van der Waals surface area contributed by atoms with Crippen molar-refractivity contribution in [2.24, 2.45) is 5.73 Å². The number of thioether (sulfide) groups is 1. The molecule has 0 bridgehead atoms. The van der Waals surface area contributed by atoms with E-state index in [0.29, 0.717) is 4.99 Å². The minimum Gasteiger partial charge on any atom is -0.389 e. The minimum atomic E-state index is 0.470. The van der Waals surface area contributed by atoms with Crippen molar-refractivity contribution < 1.29 is 0 Å². The average molecular weight is 297 g/mol. The Morgan fingerprint density at radius 2 is 2.00 bits per heavy atom. The number of benzene rings is 1. The van der Waals surface area contributed by atoms with E-state index < -0.39 is 0 Å². The second kappa shape index (κ2) is 9.21. The molecule has 3 N–H and O–H groups in total. The quantitative estimate of drug-likeness (QED) is 0.534. The number of nitrogens with two attached hydrogens (primary N) is 1. The van der Waals surface area contributed by atoms with E-state index in [1.165, 1.54) is 31.4 Å². The van der Waals surface area contributed by atoms with Crippen LogP contribution in [0.2, 0.25) is 0 Å². The van der Waals surface area contributed by atoms with Crippen LogP contribution < -0.4 is 11.1 Å². The van der Waals surface area contributed by atoms with Crippen molar-refractivity contribution in [3.05, 3.63) is 29.3 Å². The van der Waals surface area contributed by atoms with Gasteiger partial charge in [0.2, 0.25) is 0 Å². The number of unbranched alkanes of at least 4 members (excludes halogenated alkanes) is 3. The number of hydrogen-bond donors (Lipinski definition) is 2. The van der Waals surface area contributed by atoms with Crippen molar-refractivity contribution in [2.45, 2.75) is 32.6 Å². The van der Waals surface area contributed by atoms with E-state index in [1.54, 1.807) is 0 Å². The highest BCUT2D eigenvalue weighted by atomic mass is 32.2. The highest BCUT2D eigenvalue weighted by Gasteiger charge is 2.02. The fourth-order valence-corrected chi connectivity index (χ4v) is 2.73. The lowest BCUT2D eigenvalue weighted by Crippen LogP contribution is -2.11. The van der Waals surface area contributed by atoms with Gasteiger partial charge in [-0.3, -0.25) is 0 Å². The Bertz CT molecular complexity index is 405. The lowest BCUT2D eigenvalue weighted by atomic mass is 10.1. The summed E-state index contributed by atoms with van der Waals surface area (Å²) in [5.74, 6) is 1.28. The summed E-state index contributed by atoms with van der Waals surface area (Å²) in [6.45, 7) is 3.08. The average Bonchev–Trinajstić information content (AvgIpc) is 2.37. The molecule has 0 saturated carbocycles. The molecule has 4 heteroatoms. The van der Waals surface area contributed by atoms with Gasteiger partial charge >= 0.3 is 0 Å². The first kappa shape index (κ1) is 16.3. The Labute approximate surface area is 126 Å². The maximum Gasteiger partial charge on any atom is 0.104 e. The van der Waals surface area contributed by atoms with Crippen LogP contribution in [0.4, 0.5) is 5.69 Å². The van der Waals surface area contributed by atoms with Gasteiger partial charge in [-0.25, -0.2) is 0 Å². The standard InChI is InChI=1S/C15H24N2S2/c1-12-11-13(7-8-14(12)15(16)18)17-9-5-3-4-6-10-19-2/h7-8,11,17H,3-6,9-10H2,1-2H3,(H2,16,18). The molecule has 2 nitrogen and oxygen atoms in total. The molecule has 0 heterocycles. The Kier molecular flexibility index (Phi) is 7.91. The zero-order valence-electron chi connectivity index (χ0n) is 11.9. The molecular formula is C15H24N2S2. The van der Waals surface area contributed by atoms with Gasteiger partial charge in [-0.2, -0.15) is 11.8 Å². The van der Waals surface area contributed by atoms with E-state index in [0.717, 1.165) is 23.4 Å². The first-order valence-electron chi connectivity index (χ1n) is 6.78. The molecular weight excluding hydrogens is 272 g/mol. The third kappa shape index (κ3) is 6.30. The highest BCUT2D eigenvalue weighted by molar-refractivity contribution is 7.98. The summed E-state index contributed by atoms with van der Waals surface area (Å²) in [7, 11) is 0. The van der Waals surface area contributed by atoms with Crippen molar-refractivity contribution in [1.29, 1.82) is 0 Å². The lowest BCUT2D eigenvalue weighted by molar-refractivity contribution is 0.689. The second-order valence-corrected chi connectivity index (χ2v) is 6.15. The smallest absolute Gasteiger partial charge is 0.104 e. The zero-order valence-corrected chi connectivity index (χ0v) is 13.5. The summed E-state index contributed by atoms with van der Waals surface area (Å²) in [6, 6.07) is 6.16. The van der Waals surface area contributed by atoms with E-state index in [4.69, 9.17) is 18.0 Å². The molecule has 0 unspecified atom stereocenters.